The summed E-state index contributed by atoms with van der Waals surface area (Å²) in [4.78, 5) is 1.21. The number of hydrogen-bond acceptors (Lipinski definition) is 4. The van der Waals surface area contributed by atoms with Gasteiger partial charge in [-0.25, -0.2) is 4.72 Å². The van der Waals surface area contributed by atoms with Crippen molar-refractivity contribution in [3.05, 3.63) is 30.3 Å². The Hall–Kier alpha value is -0.600. The lowest BCUT2D eigenvalue weighted by Gasteiger charge is -2.34. The lowest BCUT2D eigenvalue weighted by molar-refractivity contribution is -0.0443. The number of nitrogens with one attached hydrogen (secondary N) is 1. The van der Waals surface area contributed by atoms with Crippen molar-refractivity contribution in [3.8, 4) is 0 Å². The molecule has 0 aliphatic carbocycles. The number of benzene rings is 1. The van der Waals surface area contributed by atoms with Gasteiger partial charge < -0.3 is 4.74 Å². The Labute approximate surface area is 137 Å². The fourth-order valence-electron chi connectivity index (χ4n) is 2.40. The number of ether oxygens (including phenoxy) is 1. The van der Waals surface area contributed by atoms with Crippen LogP contribution in [0.5, 0.6) is 0 Å². The van der Waals surface area contributed by atoms with Crippen molar-refractivity contribution in [2.75, 3.05) is 25.4 Å². The molecule has 0 radical (unpaired) electrons. The summed E-state index contributed by atoms with van der Waals surface area (Å²) in [7, 11) is -3.40. The van der Waals surface area contributed by atoms with Crippen LogP contribution in [0.3, 0.4) is 0 Å². The molecule has 0 spiro atoms. The van der Waals surface area contributed by atoms with E-state index in [2.05, 4.69) is 16.9 Å². The van der Waals surface area contributed by atoms with Crippen molar-refractivity contribution in [2.45, 2.75) is 37.4 Å². The van der Waals surface area contributed by atoms with Gasteiger partial charge in [-0.15, -0.1) is 11.8 Å². The minimum absolute atomic E-state index is 0.0611. The van der Waals surface area contributed by atoms with Crippen molar-refractivity contribution >= 4 is 22.0 Å². The first-order valence-corrected chi connectivity index (χ1v) is 9.98. The van der Waals surface area contributed by atoms with Crippen LogP contribution in [0.1, 0.15) is 20.3 Å². The van der Waals surface area contributed by atoms with Crippen LogP contribution in [-0.2, 0) is 14.9 Å². The highest BCUT2D eigenvalue weighted by atomic mass is 32.2. The second-order valence-corrected chi connectivity index (χ2v) is 8.41. The molecule has 1 saturated heterocycles. The maximum absolute atomic E-state index is 12.3. The molecule has 124 valence electrons. The van der Waals surface area contributed by atoms with E-state index in [0.29, 0.717) is 19.6 Å². The highest BCUT2D eigenvalue weighted by Crippen LogP contribution is 2.17. The fraction of sp³-hybridized carbons (Fsp3) is 0.600. The van der Waals surface area contributed by atoms with Crippen LogP contribution >= 0.6 is 11.8 Å². The van der Waals surface area contributed by atoms with Crippen LogP contribution in [0.15, 0.2) is 35.2 Å². The smallest absolute Gasteiger partial charge is 0.279 e. The molecular formula is C15H24N2O3S2. The van der Waals surface area contributed by atoms with Gasteiger partial charge in [-0.1, -0.05) is 18.2 Å². The first kappa shape index (κ1) is 17.7. The minimum Gasteiger partial charge on any atom is -0.373 e. The van der Waals surface area contributed by atoms with Gasteiger partial charge in [-0.05, 0) is 38.2 Å². The summed E-state index contributed by atoms with van der Waals surface area (Å²) in [5, 5.41) is 0. The van der Waals surface area contributed by atoms with Crippen LogP contribution in [0.4, 0.5) is 0 Å². The number of nitrogens with zero attached hydrogens (tertiary/aromatic N) is 1. The molecular weight excluding hydrogens is 320 g/mol. The van der Waals surface area contributed by atoms with Gasteiger partial charge >= 0.3 is 0 Å². The molecule has 1 aliphatic heterocycles. The van der Waals surface area contributed by atoms with E-state index in [9.17, 15) is 8.42 Å². The number of hydrogen-bond donors (Lipinski definition) is 1. The average molecular weight is 345 g/mol. The first-order valence-electron chi connectivity index (χ1n) is 7.55. The molecule has 0 saturated carbocycles. The lowest BCUT2D eigenvalue weighted by atomic mass is 10.3. The molecule has 2 rings (SSSR count). The quantitative estimate of drug-likeness (QED) is 0.608. The summed E-state index contributed by atoms with van der Waals surface area (Å²) in [5.41, 5.74) is 0. The van der Waals surface area contributed by atoms with Crippen LogP contribution in [-0.4, -0.2) is 50.3 Å². The fourth-order valence-corrected chi connectivity index (χ4v) is 4.67. The molecule has 7 heteroatoms. The molecule has 2 unspecified atom stereocenters. The number of thioether (sulfide) groups is 1. The van der Waals surface area contributed by atoms with Gasteiger partial charge in [0, 0.05) is 24.5 Å². The Kier molecular flexibility index (Phi) is 6.70. The predicted octanol–water partition coefficient (Wildman–Crippen LogP) is 2.11. The molecule has 1 fully saturated rings. The van der Waals surface area contributed by atoms with Crippen molar-refractivity contribution in [1.82, 2.24) is 9.03 Å². The normalized spacial score (nSPS) is 23.5. The monoisotopic (exact) mass is 344 g/mol. The molecule has 22 heavy (non-hydrogen) atoms. The highest BCUT2D eigenvalue weighted by Gasteiger charge is 2.30. The van der Waals surface area contributed by atoms with Gasteiger partial charge in [-0.2, -0.15) is 12.7 Å². The van der Waals surface area contributed by atoms with Gasteiger partial charge in [0.1, 0.15) is 0 Å². The zero-order valence-corrected chi connectivity index (χ0v) is 14.7. The van der Waals surface area contributed by atoms with Gasteiger partial charge in [0.05, 0.1) is 12.2 Å². The molecule has 1 aromatic carbocycles. The molecule has 1 N–H and O–H groups in total. The summed E-state index contributed by atoms with van der Waals surface area (Å²) in [6, 6.07) is 10.1. The maximum atomic E-state index is 12.3. The second-order valence-electron chi connectivity index (χ2n) is 5.49. The third-order valence-electron chi connectivity index (χ3n) is 3.34. The molecule has 0 bridgehead atoms. The largest absolute Gasteiger partial charge is 0.373 e. The van der Waals surface area contributed by atoms with Gasteiger partial charge in [0.15, 0.2) is 0 Å². The van der Waals surface area contributed by atoms with E-state index >= 15 is 0 Å². The van der Waals surface area contributed by atoms with Crippen molar-refractivity contribution < 1.29 is 13.2 Å². The van der Waals surface area contributed by atoms with Gasteiger partial charge in [-0.3, -0.25) is 0 Å². The Bertz CT molecular complexity index is 541. The second kappa shape index (κ2) is 8.31. The van der Waals surface area contributed by atoms with Crippen LogP contribution < -0.4 is 4.72 Å². The summed E-state index contributed by atoms with van der Waals surface area (Å²) in [6.07, 6.45) is 0.678. The van der Waals surface area contributed by atoms with E-state index in [4.69, 9.17) is 4.74 Å². The van der Waals surface area contributed by atoms with Gasteiger partial charge in [0.25, 0.3) is 10.2 Å². The summed E-state index contributed by atoms with van der Waals surface area (Å²) >= 11 is 1.74. The lowest BCUT2D eigenvalue weighted by Crippen LogP contribution is -2.52. The molecule has 2 atom stereocenters. The zero-order valence-electron chi connectivity index (χ0n) is 13.1. The summed E-state index contributed by atoms with van der Waals surface area (Å²) in [5.74, 6) is 0.891. The summed E-state index contributed by atoms with van der Waals surface area (Å²) < 4.78 is 34.3. The van der Waals surface area contributed by atoms with Crippen molar-refractivity contribution in [1.29, 1.82) is 0 Å². The van der Waals surface area contributed by atoms with E-state index in [1.54, 1.807) is 11.8 Å². The number of morpholine rings is 1. The van der Waals surface area contributed by atoms with Crippen LogP contribution in [0.2, 0.25) is 0 Å². The Morgan fingerprint density at radius 3 is 2.50 bits per heavy atom. The van der Waals surface area contributed by atoms with Crippen LogP contribution in [0, 0.1) is 0 Å². The average Bonchev–Trinajstić information content (AvgIpc) is 2.47. The predicted molar refractivity (Wildman–Crippen MR) is 90.3 cm³/mol. The van der Waals surface area contributed by atoms with E-state index in [-0.39, 0.29) is 12.2 Å². The number of rotatable bonds is 7. The molecule has 1 aromatic rings. The highest BCUT2D eigenvalue weighted by molar-refractivity contribution is 7.99. The molecule has 0 amide bonds. The van der Waals surface area contributed by atoms with Crippen molar-refractivity contribution in [3.63, 3.8) is 0 Å². The molecule has 1 aliphatic rings. The Balaban J connectivity index is 1.71. The molecule has 0 aromatic heterocycles. The van der Waals surface area contributed by atoms with Crippen LogP contribution in [0.25, 0.3) is 0 Å². The summed E-state index contributed by atoms with van der Waals surface area (Å²) in [6.45, 7) is 5.09. The van der Waals surface area contributed by atoms with E-state index < -0.39 is 10.2 Å². The Morgan fingerprint density at radius 1 is 1.23 bits per heavy atom. The van der Waals surface area contributed by atoms with Gasteiger partial charge in [0.2, 0.25) is 0 Å². The Morgan fingerprint density at radius 2 is 1.86 bits per heavy atom. The topological polar surface area (TPSA) is 58.6 Å². The molecule has 5 nitrogen and oxygen atoms in total. The third kappa shape index (κ3) is 5.55. The van der Waals surface area contributed by atoms with Crippen molar-refractivity contribution in [2.24, 2.45) is 0 Å². The SMILES string of the molecule is CC1CN(S(=O)(=O)NCCCSc2ccccc2)CC(C)O1. The first-order chi connectivity index (χ1) is 10.5. The minimum atomic E-state index is -3.40. The zero-order chi connectivity index (χ0) is 16.0. The maximum Gasteiger partial charge on any atom is 0.279 e. The van der Waals surface area contributed by atoms with E-state index in [0.717, 1.165) is 12.2 Å². The molecule has 1 heterocycles. The van der Waals surface area contributed by atoms with E-state index in [1.165, 1.54) is 9.20 Å². The van der Waals surface area contributed by atoms with E-state index in [1.807, 2.05) is 32.0 Å². The standard InChI is InChI=1S/C15H24N2O3S2/c1-13-11-17(12-14(2)20-13)22(18,19)16-9-6-10-21-15-7-4-3-5-8-15/h3-5,7-8,13-14,16H,6,9-12H2,1-2H3. The third-order valence-corrected chi connectivity index (χ3v) is 5.99.